The van der Waals surface area contributed by atoms with Crippen LogP contribution in [0.5, 0.6) is 0 Å². The zero-order valence-electron chi connectivity index (χ0n) is 14.5. The van der Waals surface area contributed by atoms with Crippen molar-refractivity contribution in [3.05, 3.63) is 70.7 Å². The highest BCUT2D eigenvalue weighted by Crippen LogP contribution is 2.48. The molecule has 1 saturated carbocycles. The number of nitrogens with one attached hydrogen (secondary N) is 1. The van der Waals surface area contributed by atoms with E-state index in [0.29, 0.717) is 39.5 Å². The summed E-state index contributed by atoms with van der Waals surface area (Å²) in [7, 11) is 0. The number of hydrogen-bond donors (Lipinski definition) is 1. The van der Waals surface area contributed by atoms with Crippen LogP contribution >= 0.6 is 23.5 Å². The third-order valence-electron chi connectivity index (χ3n) is 4.90. The van der Waals surface area contributed by atoms with Crippen molar-refractivity contribution in [3.63, 3.8) is 0 Å². The molecular weight excluding hydrogens is 399 g/mol. The van der Waals surface area contributed by atoms with Gasteiger partial charge in [0.15, 0.2) is 5.58 Å². The lowest BCUT2D eigenvalue weighted by molar-refractivity contribution is 0.488. The van der Waals surface area contributed by atoms with E-state index in [9.17, 15) is 9.18 Å². The molecule has 0 radical (unpaired) electrons. The molecule has 0 spiro atoms. The van der Waals surface area contributed by atoms with Crippen molar-refractivity contribution in [1.29, 1.82) is 0 Å². The summed E-state index contributed by atoms with van der Waals surface area (Å²) in [6, 6.07) is 13.2. The maximum atomic E-state index is 14.6. The first-order valence-electron chi connectivity index (χ1n) is 8.76. The Balaban J connectivity index is 1.37. The minimum absolute atomic E-state index is 0.331. The van der Waals surface area contributed by atoms with Gasteiger partial charge in [-0.2, -0.15) is 4.37 Å². The van der Waals surface area contributed by atoms with Gasteiger partial charge in [-0.25, -0.2) is 14.2 Å². The molecule has 2 unspecified atom stereocenters. The number of benzene rings is 2. The van der Waals surface area contributed by atoms with E-state index >= 15 is 0 Å². The average molecular weight is 414 g/mol. The Kier molecular flexibility index (Phi) is 4.40. The maximum absolute atomic E-state index is 14.6. The van der Waals surface area contributed by atoms with E-state index in [1.807, 2.05) is 18.2 Å². The molecule has 1 fully saturated rings. The number of nitrogens with zero attached hydrogens (tertiary/aromatic N) is 3. The summed E-state index contributed by atoms with van der Waals surface area (Å²) < 4.78 is 28.3. The highest BCUT2D eigenvalue weighted by Gasteiger charge is 2.39. The summed E-state index contributed by atoms with van der Waals surface area (Å²) in [6.07, 6.45) is 2.44. The molecule has 1 aliphatic carbocycles. The summed E-state index contributed by atoms with van der Waals surface area (Å²) in [5, 5.41) is 0.573. The van der Waals surface area contributed by atoms with Crippen molar-refractivity contribution >= 4 is 39.7 Å². The fraction of sp³-hybridized carbons (Fsp3) is 0.211. The third kappa shape index (κ3) is 3.31. The first-order valence-corrected chi connectivity index (χ1v) is 10.4. The molecule has 2 aromatic carbocycles. The Morgan fingerprint density at radius 3 is 2.96 bits per heavy atom. The zero-order valence-corrected chi connectivity index (χ0v) is 16.2. The number of anilines is 1. The number of oxazole rings is 1. The van der Waals surface area contributed by atoms with Gasteiger partial charge < -0.3 is 9.14 Å². The van der Waals surface area contributed by atoms with Crippen molar-refractivity contribution in [3.8, 4) is 0 Å². The Labute approximate surface area is 167 Å². The van der Waals surface area contributed by atoms with Gasteiger partial charge in [-0.05, 0) is 35.8 Å². The summed E-state index contributed by atoms with van der Waals surface area (Å²) in [5.41, 5.74) is 2.15. The van der Waals surface area contributed by atoms with Gasteiger partial charge in [0.25, 0.3) is 0 Å². The Bertz CT molecular complexity index is 1170. The van der Waals surface area contributed by atoms with Crippen molar-refractivity contribution in [1.82, 2.24) is 13.9 Å². The van der Waals surface area contributed by atoms with Gasteiger partial charge in [0.1, 0.15) is 12.1 Å². The minimum Gasteiger partial charge on any atom is -0.408 e. The lowest BCUT2D eigenvalue weighted by atomic mass is 10.1. The lowest BCUT2D eigenvalue weighted by Crippen LogP contribution is -2.15. The Morgan fingerprint density at radius 1 is 1.32 bits per heavy atom. The summed E-state index contributed by atoms with van der Waals surface area (Å²) >= 11 is 2.25. The number of rotatable bonds is 6. The molecule has 9 heteroatoms. The van der Waals surface area contributed by atoms with Gasteiger partial charge >= 0.3 is 5.76 Å². The molecule has 2 heterocycles. The van der Waals surface area contributed by atoms with Gasteiger partial charge in [0.2, 0.25) is 5.13 Å². The molecule has 0 aliphatic heterocycles. The van der Waals surface area contributed by atoms with E-state index in [1.165, 1.54) is 29.5 Å². The number of fused-ring (bicyclic) bond motifs is 1. The predicted octanol–water partition coefficient (Wildman–Crippen LogP) is 4.51. The van der Waals surface area contributed by atoms with Gasteiger partial charge in [-0.3, -0.25) is 4.57 Å². The maximum Gasteiger partial charge on any atom is 0.419 e. The molecule has 1 N–H and O–H groups in total. The molecule has 0 amide bonds. The molecule has 0 saturated heterocycles. The SMILES string of the molecule is O=c1oc2cc(SNc3ncns3)c(F)cc2n1CC1CC1c1ccccc1. The Hall–Kier alpha value is -2.65. The standard InChI is InChI=1S/C19H15FN4O2S2/c20-14-7-15-16(8-17(14)27-23-18-21-10-22-28-18)26-19(25)24(15)9-12-6-13(12)11-4-2-1-3-5-11/h1-5,7-8,10,12-13H,6,9H2,(H,21,22,23). The first kappa shape index (κ1) is 17.4. The smallest absolute Gasteiger partial charge is 0.408 e. The average Bonchev–Trinajstić information content (AvgIpc) is 3.15. The van der Waals surface area contributed by atoms with Gasteiger partial charge in [0.05, 0.1) is 10.4 Å². The van der Waals surface area contributed by atoms with Crippen LogP contribution in [-0.4, -0.2) is 13.9 Å². The molecule has 5 rings (SSSR count). The zero-order chi connectivity index (χ0) is 19.1. The van der Waals surface area contributed by atoms with E-state index in [-0.39, 0.29) is 0 Å². The number of aromatic nitrogens is 3. The molecule has 2 aromatic heterocycles. The molecule has 28 heavy (non-hydrogen) atoms. The van der Waals surface area contributed by atoms with E-state index in [4.69, 9.17) is 4.42 Å². The molecule has 4 aromatic rings. The van der Waals surface area contributed by atoms with Crippen LogP contribution in [0, 0.1) is 11.7 Å². The molecular formula is C19H15FN4O2S2. The van der Waals surface area contributed by atoms with E-state index in [1.54, 1.807) is 10.6 Å². The second kappa shape index (κ2) is 7.06. The van der Waals surface area contributed by atoms with Gasteiger partial charge in [0, 0.05) is 30.2 Å². The van der Waals surface area contributed by atoms with Crippen LogP contribution in [-0.2, 0) is 6.54 Å². The van der Waals surface area contributed by atoms with Crippen molar-refractivity contribution < 1.29 is 8.81 Å². The van der Waals surface area contributed by atoms with Crippen molar-refractivity contribution in [2.24, 2.45) is 5.92 Å². The van der Waals surface area contributed by atoms with Crippen LogP contribution < -0.4 is 10.5 Å². The third-order valence-corrected chi connectivity index (χ3v) is 6.44. The van der Waals surface area contributed by atoms with Gasteiger partial charge in [-0.15, -0.1) is 0 Å². The van der Waals surface area contributed by atoms with Crippen LogP contribution in [0.15, 0.2) is 62.9 Å². The summed E-state index contributed by atoms with van der Waals surface area (Å²) in [5.74, 6) is -0.0715. The van der Waals surface area contributed by atoms with E-state index in [0.717, 1.165) is 18.4 Å². The fourth-order valence-corrected chi connectivity index (χ4v) is 4.56. The topological polar surface area (TPSA) is 73.0 Å². The highest BCUT2D eigenvalue weighted by molar-refractivity contribution is 8.00. The monoisotopic (exact) mass is 414 g/mol. The molecule has 1 aliphatic rings. The number of halogens is 1. The summed E-state index contributed by atoms with van der Waals surface area (Å²) in [6.45, 7) is 0.528. The van der Waals surface area contributed by atoms with Crippen LogP contribution in [0.25, 0.3) is 11.1 Å². The lowest BCUT2D eigenvalue weighted by Gasteiger charge is -2.05. The minimum atomic E-state index is -0.452. The fourth-order valence-electron chi connectivity index (χ4n) is 3.42. The predicted molar refractivity (Wildman–Crippen MR) is 107 cm³/mol. The number of hydrogen-bond acceptors (Lipinski definition) is 7. The Morgan fingerprint density at radius 2 is 2.18 bits per heavy atom. The van der Waals surface area contributed by atoms with Crippen LogP contribution in [0.1, 0.15) is 17.9 Å². The van der Waals surface area contributed by atoms with E-state index < -0.39 is 11.6 Å². The van der Waals surface area contributed by atoms with Crippen LogP contribution in [0.3, 0.4) is 0 Å². The molecule has 142 valence electrons. The molecule has 2 atom stereocenters. The highest BCUT2D eigenvalue weighted by atomic mass is 32.2. The van der Waals surface area contributed by atoms with E-state index in [2.05, 4.69) is 26.2 Å². The van der Waals surface area contributed by atoms with Crippen molar-refractivity contribution in [2.75, 3.05) is 4.72 Å². The normalized spacial score (nSPS) is 18.5. The second-order valence-corrected chi connectivity index (χ2v) is 8.32. The quantitative estimate of drug-likeness (QED) is 0.468. The van der Waals surface area contributed by atoms with Crippen LogP contribution in [0.4, 0.5) is 9.52 Å². The molecule has 6 nitrogen and oxygen atoms in total. The summed E-state index contributed by atoms with van der Waals surface area (Å²) in [4.78, 5) is 16.7. The van der Waals surface area contributed by atoms with Crippen LogP contribution in [0.2, 0.25) is 0 Å². The molecule has 0 bridgehead atoms. The largest absolute Gasteiger partial charge is 0.419 e. The first-order chi connectivity index (χ1) is 13.7. The van der Waals surface area contributed by atoms with Crippen molar-refractivity contribution in [2.45, 2.75) is 23.8 Å². The second-order valence-electron chi connectivity index (χ2n) is 6.69. The van der Waals surface area contributed by atoms with Gasteiger partial charge in [-0.1, -0.05) is 30.3 Å².